The van der Waals surface area contributed by atoms with Crippen LogP contribution in [0.2, 0.25) is 0 Å². The van der Waals surface area contributed by atoms with Crippen LogP contribution in [0.15, 0.2) is 186 Å². The molecule has 0 radical (unpaired) electrons. The Labute approximate surface area is 303 Å². The fourth-order valence-electron chi connectivity index (χ4n) is 8.15. The van der Waals surface area contributed by atoms with Crippen LogP contribution in [-0.2, 0) is 0 Å². The second-order valence-corrected chi connectivity index (χ2v) is 14.4. The van der Waals surface area contributed by atoms with E-state index in [9.17, 15) is 0 Å². The van der Waals surface area contributed by atoms with E-state index < -0.39 is 0 Å². The minimum absolute atomic E-state index is 0.876. The number of para-hydroxylation sites is 3. The number of hydrogen-bond acceptors (Lipinski definition) is 3. The molecule has 0 fully saturated rings. The standard InChI is InChI=1S/C48H30N2OS/c1-3-14-31(15-4-1)34-28-29-42(47-38-20-8-11-24-43(38)51-48(34)47)50(33-26-27-36-35-18-9-12-25-44(35)52-45(36)30-33)41-23-13-22-40-46(41)37-19-7-10-21-39(37)49(40)32-16-5-2-6-17-32/h1-30H. The first-order valence-corrected chi connectivity index (χ1v) is 18.4. The first-order chi connectivity index (χ1) is 25.8. The Kier molecular flexibility index (Phi) is 6.42. The molecule has 0 atom stereocenters. The summed E-state index contributed by atoms with van der Waals surface area (Å²) in [5.74, 6) is 0. The van der Waals surface area contributed by atoms with Gasteiger partial charge in [-0.05, 0) is 72.3 Å². The van der Waals surface area contributed by atoms with Gasteiger partial charge < -0.3 is 13.9 Å². The van der Waals surface area contributed by atoms with Gasteiger partial charge in [0.1, 0.15) is 11.2 Å². The molecule has 0 unspecified atom stereocenters. The minimum Gasteiger partial charge on any atom is -0.455 e. The van der Waals surface area contributed by atoms with Crippen molar-refractivity contribution >= 4 is 92.3 Å². The molecule has 52 heavy (non-hydrogen) atoms. The number of thiophene rings is 1. The lowest BCUT2D eigenvalue weighted by molar-refractivity contribution is 0.670. The quantitative estimate of drug-likeness (QED) is 0.180. The molecule has 244 valence electrons. The fourth-order valence-corrected chi connectivity index (χ4v) is 9.28. The van der Waals surface area contributed by atoms with Crippen LogP contribution in [0.3, 0.4) is 0 Å². The summed E-state index contributed by atoms with van der Waals surface area (Å²) in [6.45, 7) is 0. The van der Waals surface area contributed by atoms with Gasteiger partial charge in [-0.1, -0.05) is 115 Å². The molecule has 8 aromatic carbocycles. The maximum atomic E-state index is 6.80. The molecule has 0 amide bonds. The molecule has 3 nitrogen and oxygen atoms in total. The molecule has 0 spiro atoms. The van der Waals surface area contributed by atoms with E-state index in [-0.39, 0.29) is 0 Å². The molecule has 0 saturated heterocycles. The van der Waals surface area contributed by atoms with E-state index in [1.165, 1.54) is 36.5 Å². The first kappa shape index (κ1) is 29.1. The molecule has 3 aromatic heterocycles. The highest BCUT2D eigenvalue weighted by atomic mass is 32.1. The van der Waals surface area contributed by atoms with E-state index in [1.807, 2.05) is 11.3 Å². The Hall–Kier alpha value is -6.62. The summed E-state index contributed by atoms with van der Waals surface area (Å²) in [4.78, 5) is 2.47. The summed E-state index contributed by atoms with van der Waals surface area (Å²) in [6.07, 6.45) is 0. The number of anilines is 3. The van der Waals surface area contributed by atoms with Crippen LogP contribution in [0, 0.1) is 0 Å². The average Bonchev–Trinajstić information content (AvgIpc) is 3.89. The summed E-state index contributed by atoms with van der Waals surface area (Å²) < 4.78 is 11.8. The SMILES string of the molecule is c1ccc(-c2ccc(N(c3ccc4c(c3)sc3ccccc34)c3cccc4c3c3ccccc3n4-c3ccccc3)c3c2oc2ccccc23)cc1. The van der Waals surface area contributed by atoms with Gasteiger partial charge in [-0.2, -0.15) is 0 Å². The van der Waals surface area contributed by atoms with Crippen LogP contribution < -0.4 is 4.90 Å². The second kappa shape index (κ2) is 11.5. The zero-order valence-electron chi connectivity index (χ0n) is 28.0. The van der Waals surface area contributed by atoms with E-state index in [0.29, 0.717) is 0 Å². The van der Waals surface area contributed by atoms with Gasteiger partial charge in [-0.15, -0.1) is 11.3 Å². The fraction of sp³-hybridized carbons (Fsp3) is 0. The molecule has 11 aromatic rings. The molecule has 11 rings (SSSR count). The Morgan fingerprint density at radius 1 is 0.462 bits per heavy atom. The maximum absolute atomic E-state index is 6.80. The molecule has 0 bridgehead atoms. The lowest BCUT2D eigenvalue weighted by Gasteiger charge is -2.28. The Morgan fingerprint density at radius 2 is 1.13 bits per heavy atom. The molecule has 4 heteroatoms. The average molecular weight is 683 g/mol. The van der Waals surface area contributed by atoms with Crippen molar-refractivity contribution in [3.63, 3.8) is 0 Å². The van der Waals surface area contributed by atoms with Crippen molar-refractivity contribution in [1.29, 1.82) is 0 Å². The summed E-state index contributed by atoms with van der Waals surface area (Å²) in [5.41, 5.74) is 10.7. The largest absolute Gasteiger partial charge is 0.455 e. The normalized spacial score (nSPS) is 11.8. The van der Waals surface area contributed by atoms with E-state index >= 15 is 0 Å². The first-order valence-electron chi connectivity index (χ1n) is 17.6. The lowest BCUT2D eigenvalue weighted by Crippen LogP contribution is -2.11. The number of furan rings is 1. The van der Waals surface area contributed by atoms with Crippen molar-refractivity contribution in [3.05, 3.63) is 182 Å². The van der Waals surface area contributed by atoms with Gasteiger partial charge in [0.15, 0.2) is 0 Å². The minimum atomic E-state index is 0.876. The Morgan fingerprint density at radius 3 is 2.00 bits per heavy atom. The van der Waals surface area contributed by atoms with E-state index in [2.05, 4.69) is 191 Å². The van der Waals surface area contributed by atoms with E-state index in [4.69, 9.17) is 4.42 Å². The third-order valence-corrected chi connectivity index (χ3v) is 11.5. The smallest absolute Gasteiger partial charge is 0.145 e. The van der Waals surface area contributed by atoms with Gasteiger partial charge in [0, 0.05) is 53.3 Å². The number of aromatic nitrogens is 1. The topological polar surface area (TPSA) is 21.3 Å². The predicted octanol–water partition coefficient (Wildman–Crippen LogP) is 14.2. The van der Waals surface area contributed by atoms with Gasteiger partial charge in [-0.3, -0.25) is 0 Å². The molecule has 0 N–H and O–H groups in total. The van der Waals surface area contributed by atoms with E-state index in [1.54, 1.807) is 0 Å². The van der Waals surface area contributed by atoms with Crippen LogP contribution in [0.4, 0.5) is 17.1 Å². The van der Waals surface area contributed by atoms with Crippen LogP contribution in [0.25, 0.3) is 80.7 Å². The number of hydrogen-bond donors (Lipinski definition) is 0. The van der Waals surface area contributed by atoms with Crippen LogP contribution >= 0.6 is 11.3 Å². The van der Waals surface area contributed by atoms with Crippen molar-refractivity contribution in [1.82, 2.24) is 4.57 Å². The summed E-state index contributed by atoms with van der Waals surface area (Å²) >= 11 is 1.85. The highest BCUT2D eigenvalue weighted by Crippen LogP contribution is 2.50. The zero-order valence-corrected chi connectivity index (χ0v) is 28.8. The third kappa shape index (κ3) is 4.31. The summed E-state index contributed by atoms with van der Waals surface area (Å²) in [6, 6.07) is 65.4. The Balaban J connectivity index is 1.27. The monoisotopic (exact) mass is 682 g/mol. The molecule has 0 aliphatic carbocycles. The van der Waals surface area contributed by atoms with Gasteiger partial charge in [0.25, 0.3) is 0 Å². The van der Waals surface area contributed by atoms with Crippen LogP contribution in [-0.4, -0.2) is 4.57 Å². The van der Waals surface area contributed by atoms with Gasteiger partial charge >= 0.3 is 0 Å². The molecular weight excluding hydrogens is 653 g/mol. The maximum Gasteiger partial charge on any atom is 0.145 e. The van der Waals surface area contributed by atoms with Gasteiger partial charge in [-0.25, -0.2) is 0 Å². The summed E-state index contributed by atoms with van der Waals surface area (Å²) in [7, 11) is 0. The highest BCUT2D eigenvalue weighted by molar-refractivity contribution is 7.25. The number of rotatable bonds is 5. The van der Waals surface area contributed by atoms with Crippen molar-refractivity contribution in [2.45, 2.75) is 0 Å². The number of nitrogens with zero attached hydrogens (tertiary/aromatic N) is 2. The predicted molar refractivity (Wildman–Crippen MR) is 221 cm³/mol. The molecular formula is C48H30N2OS. The lowest BCUT2D eigenvalue weighted by atomic mass is 9.99. The number of fused-ring (bicyclic) bond motifs is 9. The van der Waals surface area contributed by atoms with Gasteiger partial charge in [0.2, 0.25) is 0 Å². The van der Waals surface area contributed by atoms with Crippen molar-refractivity contribution < 1.29 is 4.42 Å². The molecule has 0 aliphatic rings. The molecule has 0 aliphatic heterocycles. The third-order valence-electron chi connectivity index (χ3n) is 10.4. The summed E-state index contributed by atoms with van der Waals surface area (Å²) in [5, 5.41) is 7.17. The van der Waals surface area contributed by atoms with Crippen LogP contribution in [0.5, 0.6) is 0 Å². The second-order valence-electron chi connectivity index (χ2n) is 13.3. The zero-order chi connectivity index (χ0) is 34.2. The van der Waals surface area contributed by atoms with Gasteiger partial charge in [0.05, 0.1) is 27.8 Å². The van der Waals surface area contributed by atoms with Crippen molar-refractivity contribution in [3.8, 4) is 16.8 Å². The van der Waals surface area contributed by atoms with Crippen molar-refractivity contribution in [2.75, 3.05) is 4.90 Å². The van der Waals surface area contributed by atoms with E-state index in [0.717, 1.165) is 61.3 Å². The van der Waals surface area contributed by atoms with Crippen molar-refractivity contribution in [2.24, 2.45) is 0 Å². The molecule has 0 saturated carbocycles. The Bertz CT molecular complexity index is 3120. The number of benzene rings is 8. The molecule has 3 heterocycles. The van der Waals surface area contributed by atoms with Crippen LogP contribution in [0.1, 0.15) is 0 Å². The highest BCUT2D eigenvalue weighted by Gasteiger charge is 2.26.